The molecule has 0 radical (unpaired) electrons. The van der Waals surface area contributed by atoms with E-state index in [-0.39, 0.29) is 0 Å². The smallest absolute Gasteiger partial charge is 0.106 e. The van der Waals surface area contributed by atoms with E-state index in [4.69, 9.17) is 18.0 Å². The van der Waals surface area contributed by atoms with Gasteiger partial charge in [-0.2, -0.15) is 0 Å². The molecule has 0 aliphatic heterocycles. The Kier molecular flexibility index (Phi) is 4.74. The van der Waals surface area contributed by atoms with E-state index in [1.54, 1.807) is 0 Å². The molecule has 3 heteroatoms. The fourth-order valence-corrected chi connectivity index (χ4v) is 1.88. The number of nitrogens with two attached hydrogens (primary N) is 1. The van der Waals surface area contributed by atoms with Crippen LogP contribution in [0.2, 0.25) is 0 Å². The first-order chi connectivity index (χ1) is 7.56. The molecular formula is C13H20N2S. The van der Waals surface area contributed by atoms with E-state index >= 15 is 0 Å². The molecule has 88 valence electrons. The largest absolute Gasteiger partial charge is 0.389 e. The molecule has 16 heavy (non-hydrogen) atoms. The minimum atomic E-state index is 0.464. The van der Waals surface area contributed by atoms with Crippen LogP contribution >= 0.6 is 12.2 Å². The Morgan fingerprint density at radius 3 is 2.62 bits per heavy atom. The Hall–Kier alpha value is -1.09. The second-order valence-electron chi connectivity index (χ2n) is 4.28. The maximum absolute atomic E-state index is 5.72. The highest BCUT2D eigenvalue weighted by atomic mass is 32.1. The lowest BCUT2D eigenvalue weighted by Crippen LogP contribution is -2.26. The third-order valence-corrected chi connectivity index (χ3v) is 3.08. The summed E-state index contributed by atoms with van der Waals surface area (Å²) in [6.45, 7) is 5.48. The first kappa shape index (κ1) is 13.0. The van der Waals surface area contributed by atoms with Crippen molar-refractivity contribution in [3.8, 4) is 0 Å². The highest BCUT2D eigenvalue weighted by molar-refractivity contribution is 7.80. The molecule has 0 aromatic heterocycles. The molecule has 2 N–H and O–H groups in total. The van der Waals surface area contributed by atoms with E-state index < -0.39 is 0 Å². The quantitative estimate of drug-likeness (QED) is 0.797. The zero-order valence-electron chi connectivity index (χ0n) is 10.2. The molecular weight excluding hydrogens is 216 g/mol. The van der Waals surface area contributed by atoms with Gasteiger partial charge < -0.3 is 10.6 Å². The fourth-order valence-electron chi connectivity index (χ4n) is 1.71. The third kappa shape index (κ3) is 3.20. The molecule has 1 unspecified atom stereocenters. The van der Waals surface area contributed by atoms with Crippen LogP contribution in [0.25, 0.3) is 0 Å². The van der Waals surface area contributed by atoms with Crippen molar-refractivity contribution in [1.82, 2.24) is 0 Å². The zero-order chi connectivity index (χ0) is 12.1. The average Bonchev–Trinajstić information content (AvgIpc) is 2.28. The molecule has 1 aromatic carbocycles. The van der Waals surface area contributed by atoms with E-state index in [0.29, 0.717) is 10.9 Å². The Labute approximate surface area is 103 Å². The van der Waals surface area contributed by atoms with Crippen molar-refractivity contribution in [3.05, 3.63) is 29.8 Å². The molecule has 0 amide bonds. The Balaban J connectivity index is 2.90. The van der Waals surface area contributed by atoms with Crippen LogP contribution in [0, 0.1) is 5.92 Å². The number of rotatable bonds is 5. The second-order valence-corrected chi connectivity index (χ2v) is 4.72. The molecule has 0 saturated carbocycles. The van der Waals surface area contributed by atoms with E-state index in [2.05, 4.69) is 31.9 Å². The van der Waals surface area contributed by atoms with Crippen LogP contribution in [-0.2, 0) is 0 Å². The van der Waals surface area contributed by atoms with Gasteiger partial charge in [-0.1, -0.05) is 44.6 Å². The molecule has 0 saturated heterocycles. The van der Waals surface area contributed by atoms with Gasteiger partial charge in [-0.25, -0.2) is 0 Å². The molecule has 0 aliphatic rings. The number of anilines is 1. The van der Waals surface area contributed by atoms with Crippen LogP contribution in [-0.4, -0.2) is 18.6 Å². The van der Waals surface area contributed by atoms with Gasteiger partial charge in [-0.05, 0) is 18.1 Å². The summed E-state index contributed by atoms with van der Waals surface area (Å²) in [6, 6.07) is 8.03. The highest BCUT2D eigenvalue weighted by Gasteiger charge is 2.10. The minimum Gasteiger partial charge on any atom is -0.389 e. The van der Waals surface area contributed by atoms with E-state index in [1.165, 1.54) is 6.42 Å². The first-order valence-electron chi connectivity index (χ1n) is 5.66. The van der Waals surface area contributed by atoms with Crippen LogP contribution < -0.4 is 10.6 Å². The lowest BCUT2D eigenvalue weighted by molar-refractivity contribution is 0.560. The van der Waals surface area contributed by atoms with Crippen molar-refractivity contribution in [2.75, 3.05) is 18.5 Å². The minimum absolute atomic E-state index is 0.464. The number of para-hydroxylation sites is 1. The highest BCUT2D eigenvalue weighted by Crippen LogP contribution is 2.20. The van der Waals surface area contributed by atoms with Gasteiger partial charge in [0.2, 0.25) is 0 Å². The maximum atomic E-state index is 5.72. The summed E-state index contributed by atoms with van der Waals surface area (Å²) in [5.41, 5.74) is 7.80. The predicted molar refractivity (Wildman–Crippen MR) is 75.1 cm³/mol. The van der Waals surface area contributed by atoms with Crippen molar-refractivity contribution in [3.63, 3.8) is 0 Å². The van der Waals surface area contributed by atoms with E-state index in [0.717, 1.165) is 17.8 Å². The van der Waals surface area contributed by atoms with Crippen molar-refractivity contribution >= 4 is 22.9 Å². The molecule has 1 aromatic rings. The van der Waals surface area contributed by atoms with Crippen molar-refractivity contribution in [1.29, 1.82) is 0 Å². The summed E-state index contributed by atoms with van der Waals surface area (Å²) in [4.78, 5) is 2.69. The standard InChI is InChI=1S/C13H20N2S/c1-4-10(2)9-15(3)12-8-6-5-7-11(12)13(14)16/h5-8,10H,4,9H2,1-3H3,(H2,14,16). The van der Waals surface area contributed by atoms with Crippen molar-refractivity contribution < 1.29 is 0 Å². The number of hydrogen-bond donors (Lipinski definition) is 1. The van der Waals surface area contributed by atoms with Crippen LogP contribution in [0.4, 0.5) is 5.69 Å². The Bertz CT molecular complexity index is 363. The number of nitrogens with zero attached hydrogens (tertiary/aromatic N) is 1. The molecule has 2 nitrogen and oxygen atoms in total. The number of thiocarbonyl (C=S) groups is 1. The van der Waals surface area contributed by atoms with Gasteiger partial charge in [-0.3, -0.25) is 0 Å². The van der Waals surface area contributed by atoms with Gasteiger partial charge in [0.05, 0.1) is 0 Å². The summed E-state index contributed by atoms with van der Waals surface area (Å²) in [5, 5.41) is 0. The van der Waals surface area contributed by atoms with Crippen molar-refractivity contribution in [2.45, 2.75) is 20.3 Å². The third-order valence-electron chi connectivity index (χ3n) is 2.86. The summed E-state index contributed by atoms with van der Waals surface area (Å²) in [6.07, 6.45) is 1.18. The molecule has 0 spiro atoms. The lowest BCUT2D eigenvalue weighted by Gasteiger charge is -2.24. The number of benzene rings is 1. The summed E-state index contributed by atoms with van der Waals surface area (Å²) in [5.74, 6) is 0.671. The van der Waals surface area contributed by atoms with Gasteiger partial charge >= 0.3 is 0 Å². The molecule has 0 fully saturated rings. The monoisotopic (exact) mass is 236 g/mol. The number of hydrogen-bond acceptors (Lipinski definition) is 2. The molecule has 0 heterocycles. The second kappa shape index (κ2) is 5.85. The molecule has 0 bridgehead atoms. The van der Waals surface area contributed by atoms with E-state index in [1.807, 2.05) is 18.2 Å². The Morgan fingerprint density at radius 1 is 1.44 bits per heavy atom. The van der Waals surface area contributed by atoms with Gasteiger partial charge in [0, 0.05) is 24.8 Å². The first-order valence-corrected chi connectivity index (χ1v) is 6.07. The lowest BCUT2D eigenvalue weighted by atomic mass is 10.1. The zero-order valence-corrected chi connectivity index (χ0v) is 11.1. The van der Waals surface area contributed by atoms with Gasteiger partial charge in [0.25, 0.3) is 0 Å². The van der Waals surface area contributed by atoms with Crippen LogP contribution in [0.5, 0.6) is 0 Å². The summed E-state index contributed by atoms with van der Waals surface area (Å²) >= 11 is 5.06. The van der Waals surface area contributed by atoms with Gasteiger partial charge in [0.15, 0.2) is 0 Å². The molecule has 1 rings (SSSR count). The average molecular weight is 236 g/mol. The van der Waals surface area contributed by atoms with Crippen LogP contribution in [0.15, 0.2) is 24.3 Å². The van der Waals surface area contributed by atoms with Crippen LogP contribution in [0.1, 0.15) is 25.8 Å². The molecule has 1 atom stereocenters. The molecule has 0 aliphatic carbocycles. The normalized spacial score (nSPS) is 12.2. The van der Waals surface area contributed by atoms with Crippen molar-refractivity contribution in [2.24, 2.45) is 11.7 Å². The predicted octanol–water partition coefficient (Wildman–Crippen LogP) is 2.80. The van der Waals surface area contributed by atoms with E-state index in [9.17, 15) is 0 Å². The maximum Gasteiger partial charge on any atom is 0.106 e. The van der Waals surface area contributed by atoms with Crippen LogP contribution in [0.3, 0.4) is 0 Å². The summed E-state index contributed by atoms with van der Waals surface area (Å²) in [7, 11) is 2.09. The SMILES string of the molecule is CCC(C)CN(C)c1ccccc1C(N)=S. The topological polar surface area (TPSA) is 29.3 Å². The fraction of sp³-hybridized carbons (Fsp3) is 0.462. The van der Waals surface area contributed by atoms with Gasteiger partial charge in [0.1, 0.15) is 4.99 Å². The summed E-state index contributed by atoms with van der Waals surface area (Å²) < 4.78 is 0. The van der Waals surface area contributed by atoms with Gasteiger partial charge in [-0.15, -0.1) is 0 Å². The Morgan fingerprint density at radius 2 is 2.06 bits per heavy atom.